The summed E-state index contributed by atoms with van der Waals surface area (Å²) in [5.41, 5.74) is -0.557. The van der Waals surface area contributed by atoms with Gasteiger partial charge in [0.1, 0.15) is 11.4 Å². The van der Waals surface area contributed by atoms with E-state index in [1.165, 1.54) is 12.3 Å². The van der Waals surface area contributed by atoms with Crippen LogP contribution in [0.5, 0.6) is 0 Å². The monoisotopic (exact) mass is 222 g/mol. The predicted octanol–water partition coefficient (Wildman–Crippen LogP) is 1.11. The molecule has 0 atom stereocenters. The number of rotatable bonds is 4. The smallest absolute Gasteiger partial charge is 0.339 e. The highest BCUT2D eigenvalue weighted by Gasteiger charge is 2.34. The number of aromatic carboxylic acids is 1. The lowest BCUT2D eigenvalue weighted by Gasteiger charge is -2.36. The van der Waals surface area contributed by atoms with Crippen molar-refractivity contribution < 1.29 is 15.0 Å². The molecule has 0 aliphatic heterocycles. The molecule has 0 unspecified atom stereocenters. The molecule has 0 saturated heterocycles. The molecule has 5 nitrogen and oxygen atoms in total. The second-order valence-corrected chi connectivity index (χ2v) is 4.14. The number of hydrogen-bond donors (Lipinski definition) is 3. The Balaban J connectivity index is 2.06. The molecule has 5 heteroatoms. The number of carboxylic acids is 1. The van der Waals surface area contributed by atoms with Gasteiger partial charge in [-0.15, -0.1) is 0 Å². The van der Waals surface area contributed by atoms with Crippen LogP contribution in [-0.2, 0) is 0 Å². The van der Waals surface area contributed by atoms with Gasteiger partial charge in [0.2, 0.25) is 0 Å². The summed E-state index contributed by atoms with van der Waals surface area (Å²) in [4.78, 5) is 14.8. The summed E-state index contributed by atoms with van der Waals surface area (Å²) in [6, 6.07) is 3.06. The van der Waals surface area contributed by atoms with Crippen LogP contribution in [0.4, 0.5) is 5.82 Å². The number of carbonyl (C=O) groups is 1. The van der Waals surface area contributed by atoms with Crippen molar-refractivity contribution in [1.29, 1.82) is 0 Å². The molecule has 1 heterocycles. The zero-order valence-electron chi connectivity index (χ0n) is 8.81. The summed E-state index contributed by atoms with van der Waals surface area (Å²) < 4.78 is 0. The Morgan fingerprint density at radius 2 is 2.31 bits per heavy atom. The number of anilines is 1. The Hall–Kier alpha value is -1.62. The molecule has 0 bridgehead atoms. The van der Waals surface area contributed by atoms with Crippen molar-refractivity contribution in [3.05, 3.63) is 23.9 Å². The lowest BCUT2D eigenvalue weighted by Crippen LogP contribution is -2.43. The summed E-state index contributed by atoms with van der Waals surface area (Å²) >= 11 is 0. The Morgan fingerprint density at radius 1 is 1.56 bits per heavy atom. The van der Waals surface area contributed by atoms with E-state index in [0.717, 1.165) is 19.3 Å². The number of pyridine rings is 1. The molecule has 0 amide bonds. The average Bonchev–Trinajstić information content (AvgIpc) is 2.24. The summed E-state index contributed by atoms with van der Waals surface area (Å²) in [5, 5.41) is 21.7. The number of aliphatic hydroxyl groups is 1. The quantitative estimate of drug-likeness (QED) is 0.710. The molecule has 3 N–H and O–H groups in total. The molecule has 86 valence electrons. The first-order valence-electron chi connectivity index (χ1n) is 5.25. The van der Waals surface area contributed by atoms with E-state index < -0.39 is 11.6 Å². The minimum Gasteiger partial charge on any atom is -0.478 e. The Morgan fingerprint density at radius 3 is 2.88 bits per heavy atom. The lowest BCUT2D eigenvalue weighted by molar-refractivity contribution is -0.0202. The van der Waals surface area contributed by atoms with Gasteiger partial charge in [-0.3, -0.25) is 0 Å². The maximum atomic E-state index is 10.9. The molecule has 0 spiro atoms. The highest BCUT2D eigenvalue weighted by Crippen LogP contribution is 2.31. The van der Waals surface area contributed by atoms with Gasteiger partial charge in [-0.2, -0.15) is 0 Å². The van der Waals surface area contributed by atoms with Gasteiger partial charge >= 0.3 is 5.97 Å². The molecule has 1 aliphatic carbocycles. The zero-order valence-corrected chi connectivity index (χ0v) is 8.81. The van der Waals surface area contributed by atoms with Gasteiger partial charge in [-0.25, -0.2) is 9.78 Å². The minimum absolute atomic E-state index is 0.130. The van der Waals surface area contributed by atoms with Gasteiger partial charge in [0.25, 0.3) is 0 Å². The normalized spacial score (nSPS) is 17.6. The molecule has 16 heavy (non-hydrogen) atoms. The predicted molar refractivity (Wildman–Crippen MR) is 58.5 cm³/mol. The molecule has 1 aromatic heterocycles. The molecule has 0 radical (unpaired) electrons. The summed E-state index contributed by atoms with van der Waals surface area (Å²) in [6.07, 6.45) is 4.07. The van der Waals surface area contributed by atoms with Crippen LogP contribution in [0.1, 0.15) is 29.6 Å². The first-order chi connectivity index (χ1) is 7.61. The fourth-order valence-electron chi connectivity index (χ4n) is 1.73. The highest BCUT2D eigenvalue weighted by molar-refractivity contribution is 5.92. The second kappa shape index (κ2) is 4.09. The Bertz CT molecular complexity index is 402. The van der Waals surface area contributed by atoms with Crippen molar-refractivity contribution in [3.63, 3.8) is 0 Å². The maximum absolute atomic E-state index is 10.9. The van der Waals surface area contributed by atoms with Crippen LogP contribution in [0.2, 0.25) is 0 Å². The van der Waals surface area contributed by atoms with E-state index in [1.54, 1.807) is 6.07 Å². The van der Waals surface area contributed by atoms with Gasteiger partial charge in [-0.05, 0) is 31.4 Å². The van der Waals surface area contributed by atoms with Crippen molar-refractivity contribution in [2.45, 2.75) is 24.9 Å². The SMILES string of the molecule is O=C(O)c1cccnc1NCC1(O)CCC1. The van der Waals surface area contributed by atoms with Crippen molar-refractivity contribution in [1.82, 2.24) is 4.98 Å². The van der Waals surface area contributed by atoms with Crippen LogP contribution in [0.15, 0.2) is 18.3 Å². The van der Waals surface area contributed by atoms with Gasteiger partial charge in [0.15, 0.2) is 0 Å². The van der Waals surface area contributed by atoms with Crippen molar-refractivity contribution in [3.8, 4) is 0 Å². The minimum atomic E-state index is -1.02. The Labute approximate surface area is 93.1 Å². The van der Waals surface area contributed by atoms with Crippen LogP contribution in [0.25, 0.3) is 0 Å². The molecule has 2 rings (SSSR count). The fourth-order valence-corrected chi connectivity index (χ4v) is 1.73. The molecular formula is C11H14N2O3. The lowest BCUT2D eigenvalue weighted by atomic mass is 9.80. The number of nitrogens with zero attached hydrogens (tertiary/aromatic N) is 1. The fraction of sp³-hybridized carbons (Fsp3) is 0.455. The molecular weight excluding hydrogens is 208 g/mol. The number of aromatic nitrogens is 1. The molecule has 1 saturated carbocycles. The van der Waals surface area contributed by atoms with Crippen molar-refractivity contribution in [2.24, 2.45) is 0 Å². The molecule has 1 aromatic rings. The zero-order chi connectivity index (χ0) is 11.6. The second-order valence-electron chi connectivity index (χ2n) is 4.14. The highest BCUT2D eigenvalue weighted by atomic mass is 16.4. The van der Waals surface area contributed by atoms with Gasteiger partial charge in [0, 0.05) is 12.7 Å². The van der Waals surface area contributed by atoms with Crippen molar-refractivity contribution >= 4 is 11.8 Å². The molecule has 0 aromatic carbocycles. The van der Waals surface area contributed by atoms with Crippen LogP contribution in [0, 0.1) is 0 Å². The van der Waals surface area contributed by atoms with Crippen LogP contribution in [0.3, 0.4) is 0 Å². The van der Waals surface area contributed by atoms with E-state index in [2.05, 4.69) is 10.3 Å². The van der Waals surface area contributed by atoms with Crippen LogP contribution >= 0.6 is 0 Å². The van der Waals surface area contributed by atoms with E-state index in [0.29, 0.717) is 12.4 Å². The summed E-state index contributed by atoms with van der Waals surface area (Å²) in [6.45, 7) is 0.351. The standard InChI is InChI=1S/C11H14N2O3/c14-10(15)8-3-1-6-12-9(8)13-7-11(16)4-2-5-11/h1,3,6,16H,2,4-5,7H2,(H,12,13)(H,14,15). The molecule has 1 aliphatic rings. The van der Waals surface area contributed by atoms with E-state index in [4.69, 9.17) is 5.11 Å². The van der Waals surface area contributed by atoms with E-state index in [-0.39, 0.29) is 5.56 Å². The van der Waals surface area contributed by atoms with Crippen molar-refractivity contribution in [2.75, 3.05) is 11.9 Å². The summed E-state index contributed by atoms with van der Waals surface area (Å²) in [5.74, 6) is -0.702. The van der Waals surface area contributed by atoms with Gasteiger partial charge in [0.05, 0.1) is 5.60 Å². The third-order valence-electron chi connectivity index (χ3n) is 2.91. The van der Waals surface area contributed by atoms with E-state index in [1.807, 2.05) is 0 Å². The van der Waals surface area contributed by atoms with Gasteiger partial charge in [-0.1, -0.05) is 0 Å². The maximum Gasteiger partial charge on any atom is 0.339 e. The summed E-state index contributed by atoms with van der Waals surface area (Å²) in [7, 11) is 0. The Kier molecular flexibility index (Phi) is 2.78. The third kappa shape index (κ3) is 2.14. The van der Waals surface area contributed by atoms with E-state index >= 15 is 0 Å². The number of carboxylic acid groups (broad SMARTS) is 1. The topological polar surface area (TPSA) is 82.5 Å². The van der Waals surface area contributed by atoms with E-state index in [9.17, 15) is 9.90 Å². The first-order valence-corrected chi connectivity index (χ1v) is 5.25. The third-order valence-corrected chi connectivity index (χ3v) is 2.91. The number of hydrogen-bond acceptors (Lipinski definition) is 4. The largest absolute Gasteiger partial charge is 0.478 e. The van der Waals surface area contributed by atoms with Crippen LogP contribution < -0.4 is 5.32 Å². The number of nitrogens with one attached hydrogen (secondary N) is 1. The first kappa shape index (κ1) is 10.9. The molecule has 1 fully saturated rings. The average molecular weight is 222 g/mol. The van der Waals surface area contributed by atoms with Crippen LogP contribution in [-0.4, -0.2) is 33.3 Å². The van der Waals surface area contributed by atoms with Gasteiger partial charge < -0.3 is 15.5 Å².